The van der Waals surface area contributed by atoms with Crippen molar-refractivity contribution in [1.29, 1.82) is 5.26 Å². The van der Waals surface area contributed by atoms with E-state index in [9.17, 15) is 4.79 Å². The van der Waals surface area contributed by atoms with Crippen molar-refractivity contribution >= 4 is 5.97 Å². The Morgan fingerprint density at radius 1 is 1.47 bits per heavy atom. The lowest BCUT2D eigenvalue weighted by atomic mass is 10.1. The van der Waals surface area contributed by atoms with Crippen molar-refractivity contribution in [2.75, 3.05) is 0 Å². The highest BCUT2D eigenvalue weighted by molar-refractivity contribution is 5.71. The van der Waals surface area contributed by atoms with Crippen LogP contribution < -0.4 is 0 Å². The molecule has 0 spiro atoms. The molecule has 0 bridgehead atoms. The number of carboxylic acid groups (broad SMARTS) is 1. The Labute approximate surface area is 110 Å². The van der Waals surface area contributed by atoms with Crippen LogP contribution in [-0.4, -0.2) is 20.9 Å². The molecule has 0 aliphatic rings. The molecule has 1 N–H and O–H groups in total. The maximum absolute atomic E-state index is 10.8. The van der Waals surface area contributed by atoms with Crippen LogP contribution in [-0.2, 0) is 11.2 Å². The summed E-state index contributed by atoms with van der Waals surface area (Å²) in [5.41, 5.74) is 3.51. The van der Waals surface area contributed by atoms with Crippen molar-refractivity contribution in [2.45, 2.75) is 20.3 Å². The maximum Gasteiger partial charge on any atom is 0.307 e. The van der Waals surface area contributed by atoms with Gasteiger partial charge in [0.25, 0.3) is 0 Å². The van der Waals surface area contributed by atoms with Gasteiger partial charge in [-0.15, -0.1) is 0 Å². The Hall–Kier alpha value is -2.61. The van der Waals surface area contributed by atoms with Crippen LogP contribution in [0.2, 0.25) is 0 Å². The first-order valence-electron chi connectivity index (χ1n) is 5.80. The molecule has 0 unspecified atom stereocenters. The average Bonchev–Trinajstić information content (AvgIpc) is 2.66. The summed E-state index contributed by atoms with van der Waals surface area (Å²) in [6.45, 7) is 3.62. The molecule has 96 valence electrons. The fraction of sp³-hybridized carbons (Fsp3) is 0.214. The predicted octanol–water partition coefficient (Wildman–Crippen LogP) is 1.99. The van der Waals surface area contributed by atoms with Crippen molar-refractivity contribution in [3.63, 3.8) is 0 Å². The summed E-state index contributed by atoms with van der Waals surface area (Å²) < 4.78 is 1.68. The highest BCUT2D eigenvalue weighted by Gasteiger charge is 2.15. The molecule has 0 aliphatic carbocycles. The number of benzene rings is 1. The molecule has 1 aromatic carbocycles. The number of hydrogen-bond acceptors (Lipinski definition) is 3. The van der Waals surface area contributed by atoms with Gasteiger partial charge in [-0.25, -0.2) is 4.68 Å². The maximum atomic E-state index is 10.8. The first kappa shape index (κ1) is 12.8. The van der Waals surface area contributed by atoms with E-state index < -0.39 is 5.97 Å². The summed E-state index contributed by atoms with van der Waals surface area (Å²) in [7, 11) is 0. The van der Waals surface area contributed by atoms with Gasteiger partial charge in [0.1, 0.15) is 0 Å². The van der Waals surface area contributed by atoms with Gasteiger partial charge >= 0.3 is 5.97 Å². The Balaban J connectivity index is 2.51. The molecule has 0 radical (unpaired) electrons. The highest BCUT2D eigenvalue weighted by Crippen LogP contribution is 2.19. The minimum absolute atomic E-state index is 0.0460. The van der Waals surface area contributed by atoms with Gasteiger partial charge in [-0.3, -0.25) is 4.79 Å². The summed E-state index contributed by atoms with van der Waals surface area (Å²) in [5, 5.41) is 22.2. The quantitative estimate of drug-likeness (QED) is 0.909. The molecule has 0 atom stereocenters. The second-order valence-corrected chi connectivity index (χ2v) is 4.29. The van der Waals surface area contributed by atoms with Gasteiger partial charge in [-0.1, -0.05) is 6.07 Å². The number of rotatable bonds is 3. The molecule has 1 heterocycles. The summed E-state index contributed by atoms with van der Waals surface area (Å²) in [5.74, 6) is -0.878. The number of carbonyl (C=O) groups is 1. The second-order valence-electron chi connectivity index (χ2n) is 4.29. The molecule has 19 heavy (non-hydrogen) atoms. The number of aryl methyl sites for hydroxylation is 1. The lowest BCUT2D eigenvalue weighted by molar-refractivity contribution is -0.136. The zero-order chi connectivity index (χ0) is 14.0. The van der Waals surface area contributed by atoms with Gasteiger partial charge in [0.2, 0.25) is 0 Å². The fourth-order valence-corrected chi connectivity index (χ4v) is 2.04. The number of nitrogens with zero attached hydrogens (tertiary/aromatic N) is 3. The van der Waals surface area contributed by atoms with E-state index in [1.165, 1.54) is 0 Å². The van der Waals surface area contributed by atoms with Gasteiger partial charge < -0.3 is 5.11 Å². The van der Waals surface area contributed by atoms with Crippen LogP contribution in [0.4, 0.5) is 0 Å². The van der Waals surface area contributed by atoms with E-state index >= 15 is 0 Å². The van der Waals surface area contributed by atoms with Gasteiger partial charge in [-0.05, 0) is 32.0 Å². The normalized spacial score (nSPS) is 10.2. The molecule has 0 saturated heterocycles. The third kappa shape index (κ3) is 2.47. The van der Waals surface area contributed by atoms with E-state index in [4.69, 9.17) is 10.4 Å². The topological polar surface area (TPSA) is 78.9 Å². The van der Waals surface area contributed by atoms with E-state index in [2.05, 4.69) is 11.2 Å². The number of carboxylic acids is 1. The van der Waals surface area contributed by atoms with Crippen LogP contribution in [0.5, 0.6) is 0 Å². The minimum atomic E-state index is -0.878. The molecule has 1 aromatic heterocycles. The Kier molecular flexibility index (Phi) is 3.34. The van der Waals surface area contributed by atoms with Crippen molar-refractivity contribution in [1.82, 2.24) is 9.78 Å². The zero-order valence-electron chi connectivity index (χ0n) is 10.7. The van der Waals surface area contributed by atoms with Crippen LogP contribution in [0.25, 0.3) is 5.69 Å². The van der Waals surface area contributed by atoms with Crippen LogP contribution in [0.3, 0.4) is 0 Å². The lowest BCUT2D eigenvalue weighted by Crippen LogP contribution is -2.03. The minimum Gasteiger partial charge on any atom is -0.481 e. The Morgan fingerprint density at radius 2 is 2.21 bits per heavy atom. The molecule has 0 saturated carbocycles. The standard InChI is InChI=1S/C14H13N3O2/c1-9-13(7-14(18)19)10(2)17(16-9)12-5-3-4-11(6-12)8-15/h3-6H,7H2,1-2H3,(H,18,19). The fourth-order valence-electron chi connectivity index (χ4n) is 2.04. The lowest BCUT2D eigenvalue weighted by Gasteiger charge is -2.05. The Bertz CT molecular complexity index is 680. The van der Waals surface area contributed by atoms with E-state index in [0.29, 0.717) is 11.3 Å². The molecular weight excluding hydrogens is 242 g/mol. The van der Waals surface area contributed by atoms with Gasteiger partial charge in [-0.2, -0.15) is 10.4 Å². The molecule has 5 heteroatoms. The molecule has 5 nitrogen and oxygen atoms in total. The number of aliphatic carboxylic acids is 1. The van der Waals surface area contributed by atoms with Gasteiger partial charge in [0, 0.05) is 11.3 Å². The molecule has 2 rings (SSSR count). The number of aromatic nitrogens is 2. The monoisotopic (exact) mass is 255 g/mol. The largest absolute Gasteiger partial charge is 0.481 e. The molecule has 0 aliphatic heterocycles. The smallest absolute Gasteiger partial charge is 0.307 e. The van der Waals surface area contributed by atoms with E-state index in [0.717, 1.165) is 16.9 Å². The summed E-state index contributed by atoms with van der Waals surface area (Å²) >= 11 is 0. The third-order valence-corrected chi connectivity index (χ3v) is 2.99. The highest BCUT2D eigenvalue weighted by atomic mass is 16.4. The van der Waals surface area contributed by atoms with Crippen LogP contribution >= 0.6 is 0 Å². The predicted molar refractivity (Wildman–Crippen MR) is 69.1 cm³/mol. The molecule has 2 aromatic rings. The Morgan fingerprint density at radius 3 is 2.84 bits per heavy atom. The van der Waals surface area contributed by atoms with Crippen LogP contribution in [0, 0.1) is 25.2 Å². The van der Waals surface area contributed by atoms with E-state index in [1.807, 2.05) is 13.0 Å². The van der Waals surface area contributed by atoms with E-state index in [-0.39, 0.29) is 6.42 Å². The first-order chi connectivity index (χ1) is 9.02. The van der Waals surface area contributed by atoms with Crippen LogP contribution in [0.15, 0.2) is 24.3 Å². The third-order valence-electron chi connectivity index (χ3n) is 2.99. The van der Waals surface area contributed by atoms with Crippen LogP contribution in [0.1, 0.15) is 22.5 Å². The zero-order valence-corrected chi connectivity index (χ0v) is 10.7. The van der Waals surface area contributed by atoms with Gasteiger partial charge in [0.15, 0.2) is 0 Å². The summed E-state index contributed by atoms with van der Waals surface area (Å²) in [6, 6.07) is 9.13. The van der Waals surface area contributed by atoms with Crippen molar-refractivity contribution in [2.24, 2.45) is 0 Å². The molecule has 0 amide bonds. The van der Waals surface area contributed by atoms with Crippen molar-refractivity contribution < 1.29 is 9.90 Å². The van der Waals surface area contributed by atoms with Gasteiger partial charge in [0.05, 0.1) is 29.4 Å². The van der Waals surface area contributed by atoms with Crippen molar-refractivity contribution in [3.05, 3.63) is 46.8 Å². The molecule has 0 fully saturated rings. The summed E-state index contributed by atoms with van der Waals surface area (Å²) in [6.07, 6.45) is -0.0460. The summed E-state index contributed by atoms with van der Waals surface area (Å²) in [4.78, 5) is 10.8. The second kappa shape index (κ2) is 4.94. The van der Waals surface area contributed by atoms with Crippen molar-refractivity contribution in [3.8, 4) is 11.8 Å². The number of hydrogen-bond donors (Lipinski definition) is 1. The molecular formula is C14H13N3O2. The SMILES string of the molecule is Cc1nn(-c2cccc(C#N)c2)c(C)c1CC(=O)O. The number of nitriles is 1. The average molecular weight is 255 g/mol. The van der Waals surface area contributed by atoms with E-state index in [1.54, 1.807) is 29.8 Å². The first-order valence-corrected chi connectivity index (χ1v) is 5.80.